The normalized spacial score (nSPS) is 17.1. The first-order chi connectivity index (χ1) is 12.0. The lowest BCUT2D eigenvalue weighted by Crippen LogP contribution is -2.45. The van der Waals surface area contributed by atoms with Crippen LogP contribution in [-0.2, 0) is 9.59 Å². The zero-order chi connectivity index (χ0) is 18.0. The number of aryl methyl sites for hydroxylation is 1. The van der Waals surface area contributed by atoms with Crippen molar-refractivity contribution < 1.29 is 9.59 Å². The Bertz CT molecular complexity index is 981. The molecule has 1 aliphatic rings. The van der Waals surface area contributed by atoms with Gasteiger partial charge in [0.15, 0.2) is 0 Å². The monoisotopic (exact) mass is 338 g/mol. The van der Waals surface area contributed by atoms with E-state index in [-0.39, 0.29) is 17.9 Å². The third kappa shape index (κ3) is 3.30. The first-order valence-corrected chi connectivity index (χ1v) is 8.01. The van der Waals surface area contributed by atoms with Crippen molar-refractivity contribution in [3.8, 4) is 11.8 Å². The Balaban J connectivity index is 2.11. The highest BCUT2D eigenvalue weighted by Gasteiger charge is 2.30. The standard InChI is InChI=1S/C18H18N4O3/c1-11-20-14-6-5-12(4-3-9-19-2)10-13(14)18(25)22(11)15-7-8-16(23)21-17(15)24/h5-6,10,15,19H,7-9H2,1-2H3,(H,21,23,24). The molecule has 2 aromatic rings. The Kier molecular flexibility index (Phi) is 4.63. The van der Waals surface area contributed by atoms with Crippen LogP contribution in [0, 0.1) is 18.8 Å². The number of carbonyl (C=O) groups excluding carboxylic acids is 2. The predicted octanol–water partition coefficient (Wildman–Crippen LogP) is 0.254. The highest BCUT2D eigenvalue weighted by molar-refractivity contribution is 5.99. The van der Waals surface area contributed by atoms with Crippen molar-refractivity contribution in [2.75, 3.05) is 13.6 Å². The minimum atomic E-state index is -0.721. The fourth-order valence-electron chi connectivity index (χ4n) is 2.92. The molecule has 0 spiro atoms. The number of amides is 2. The van der Waals surface area contributed by atoms with E-state index in [0.717, 1.165) is 0 Å². The van der Waals surface area contributed by atoms with Gasteiger partial charge in [0.25, 0.3) is 5.56 Å². The maximum Gasteiger partial charge on any atom is 0.262 e. The summed E-state index contributed by atoms with van der Waals surface area (Å²) < 4.78 is 1.37. The Morgan fingerprint density at radius 1 is 1.36 bits per heavy atom. The zero-order valence-corrected chi connectivity index (χ0v) is 14.0. The maximum absolute atomic E-state index is 13.0. The average molecular weight is 338 g/mol. The van der Waals surface area contributed by atoms with Gasteiger partial charge in [0.1, 0.15) is 11.9 Å². The third-order valence-electron chi connectivity index (χ3n) is 4.10. The first kappa shape index (κ1) is 16.9. The van der Waals surface area contributed by atoms with Gasteiger partial charge in [0, 0.05) is 12.0 Å². The molecule has 0 bridgehead atoms. The number of piperidine rings is 1. The summed E-state index contributed by atoms with van der Waals surface area (Å²) >= 11 is 0. The summed E-state index contributed by atoms with van der Waals surface area (Å²) in [6, 6.07) is 4.53. The van der Waals surface area contributed by atoms with Gasteiger partial charge in [-0.1, -0.05) is 11.8 Å². The largest absolute Gasteiger partial charge is 0.309 e. The van der Waals surface area contributed by atoms with Crippen LogP contribution in [0.4, 0.5) is 0 Å². The van der Waals surface area contributed by atoms with Gasteiger partial charge in [-0.2, -0.15) is 0 Å². The fraction of sp³-hybridized carbons (Fsp3) is 0.333. The van der Waals surface area contributed by atoms with Crippen LogP contribution in [0.3, 0.4) is 0 Å². The van der Waals surface area contributed by atoms with Gasteiger partial charge < -0.3 is 5.32 Å². The molecule has 0 radical (unpaired) electrons. The van der Waals surface area contributed by atoms with Gasteiger partial charge in [0.2, 0.25) is 11.8 Å². The Morgan fingerprint density at radius 3 is 2.88 bits per heavy atom. The number of hydrogen-bond acceptors (Lipinski definition) is 5. The molecule has 1 unspecified atom stereocenters. The molecular weight excluding hydrogens is 320 g/mol. The van der Waals surface area contributed by atoms with Gasteiger partial charge >= 0.3 is 0 Å². The molecule has 1 saturated heterocycles. The number of nitrogens with one attached hydrogen (secondary N) is 2. The number of hydrogen-bond donors (Lipinski definition) is 2. The molecule has 1 fully saturated rings. The van der Waals surface area contributed by atoms with Crippen LogP contribution in [-0.4, -0.2) is 35.0 Å². The highest BCUT2D eigenvalue weighted by atomic mass is 16.2. The molecule has 1 aromatic heterocycles. The van der Waals surface area contributed by atoms with E-state index in [1.54, 1.807) is 26.1 Å². The van der Waals surface area contributed by atoms with E-state index < -0.39 is 11.9 Å². The molecule has 25 heavy (non-hydrogen) atoms. The van der Waals surface area contributed by atoms with Gasteiger partial charge in [0.05, 0.1) is 17.4 Å². The average Bonchev–Trinajstić information content (AvgIpc) is 2.57. The Labute approximate surface area is 144 Å². The molecule has 1 aliphatic heterocycles. The molecular formula is C18H18N4O3. The highest BCUT2D eigenvalue weighted by Crippen LogP contribution is 2.20. The second kappa shape index (κ2) is 6.87. The van der Waals surface area contributed by atoms with Gasteiger partial charge in [-0.15, -0.1) is 0 Å². The molecule has 2 amide bonds. The molecule has 7 heteroatoms. The summed E-state index contributed by atoms with van der Waals surface area (Å²) in [5, 5.41) is 5.62. The SMILES string of the molecule is CNCC#Cc1ccc2nc(C)n(C3CCC(=O)NC3=O)c(=O)c2c1. The number of nitrogens with zero attached hydrogens (tertiary/aromatic N) is 2. The quantitative estimate of drug-likeness (QED) is 0.605. The van der Waals surface area contributed by atoms with E-state index >= 15 is 0 Å². The van der Waals surface area contributed by atoms with Gasteiger partial charge in [-0.3, -0.25) is 24.3 Å². The van der Waals surface area contributed by atoms with Crippen molar-refractivity contribution in [2.24, 2.45) is 0 Å². The summed E-state index contributed by atoms with van der Waals surface area (Å²) in [5.74, 6) is 5.59. The van der Waals surface area contributed by atoms with Crippen molar-refractivity contribution in [3.05, 3.63) is 39.9 Å². The van der Waals surface area contributed by atoms with E-state index in [1.807, 2.05) is 6.07 Å². The number of benzene rings is 1. The second-order valence-electron chi connectivity index (χ2n) is 5.87. The fourth-order valence-corrected chi connectivity index (χ4v) is 2.92. The van der Waals surface area contributed by atoms with Crippen molar-refractivity contribution >= 4 is 22.7 Å². The summed E-state index contributed by atoms with van der Waals surface area (Å²) in [4.78, 5) is 40.9. The van der Waals surface area contributed by atoms with Crippen molar-refractivity contribution in [3.63, 3.8) is 0 Å². The molecule has 128 valence electrons. The zero-order valence-electron chi connectivity index (χ0n) is 14.0. The van der Waals surface area contributed by atoms with Crippen LogP contribution in [0.5, 0.6) is 0 Å². The van der Waals surface area contributed by atoms with Crippen LogP contribution in [0.15, 0.2) is 23.0 Å². The van der Waals surface area contributed by atoms with Crippen LogP contribution in [0.25, 0.3) is 10.9 Å². The number of carbonyl (C=O) groups is 2. The van der Waals surface area contributed by atoms with Crippen LogP contribution < -0.4 is 16.2 Å². The lowest BCUT2D eigenvalue weighted by atomic mass is 10.0. The number of imide groups is 1. The summed E-state index contributed by atoms with van der Waals surface area (Å²) in [5.41, 5.74) is 0.972. The lowest BCUT2D eigenvalue weighted by molar-refractivity contribution is -0.135. The molecule has 0 saturated carbocycles. The van der Waals surface area contributed by atoms with Gasteiger partial charge in [-0.25, -0.2) is 4.98 Å². The third-order valence-corrected chi connectivity index (χ3v) is 4.10. The first-order valence-electron chi connectivity index (χ1n) is 8.01. The van der Waals surface area contributed by atoms with Crippen molar-refractivity contribution in [2.45, 2.75) is 25.8 Å². The van der Waals surface area contributed by atoms with Crippen molar-refractivity contribution in [1.29, 1.82) is 0 Å². The van der Waals surface area contributed by atoms with E-state index in [9.17, 15) is 14.4 Å². The molecule has 0 aliphatic carbocycles. The number of fused-ring (bicyclic) bond motifs is 1. The van der Waals surface area contributed by atoms with Gasteiger partial charge in [-0.05, 0) is 38.6 Å². The van der Waals surface area contributed by atoms with Crippen LogP contribution >= 0.6 is 0 Å². The lowest BCUT2D eigenvalue weighted by Gasteiger charge is -2.24. The van der Waals surface area contributed by atoms with E-state index in [2.05, 4.69) is 27.5 Å². The Hall–Kier alpha value is -2.98. The summed E-state index contributed by atoms with van der Waals surface area (Å²) in [6.07, 6.45) is 0.496. The molecule has 3 rings (SSSR count). The topological polar surface area (TPSA) is 93.1 Å². The van der Waals surface area contributed by atoms with Crippen LogP contribution in [0.1, 0.15) is 30.3 Å². The second-order valence-corrected chi connectivity index (χ2v) is 5.87. The molecule has 1 atom stereocenters. The minimum absolute atomic E-state index is 0.204. The molecule has 7 nitrogen and oxygen atoms in total. The molecule has 2 heterocycles. The predicted molar refractivity (Wildman–Crippen MR) is 93.0 cm³/mol. The van der Waals surface area contributed by atoms with E-state index in [0.29, 0.717) is 35.3 Å². The van der Waals surface area contributed by atoms with Crippen LogP contribution in [0.2, 0.25) is 0 Å². The molecule has 2 N–H and O–H groups in total. The number of aromatic nitrogens is 2. The smallest absolute Gasteiger partial charge is 0.262 e. The van der Waals surface area contributed by atoms with Crippen molar-refractivity contribution in [1.82, 2.24) is 20.2 Å². The summed E-state index contributed by atoms with van der Waals surface area (Å²) in [7, 11) is 1.81. The minimum Gasteiger partial charge on any atom is -0.309 e. The molecule has 1 aromatic carbocycles. The summed E-state index contributed by atoms with van der Waals surface area (Å²) in [6.45, 7) is 2.23. The number of rotatable bonds is 2. The maximum atomic E-state index is 13.0. The van der Waals surface area contributed by atoms with E-state index in [4.69, 9.17) is 0 Å². The Morgan fingerprint density at radius 2 is 2.16 bits per heavy atom. The van der Waals surface area contributed by atoms with E-state index in [1.165, 1.54) is 4.57 Å².